The fraction of sp³-hybridized carbons (Fsp3) is 0.600. The highest BCUT2D eigenvalue weighted by Crippen LogP contribution is 2.20. The molecule has 0 aromatic heterocycles. The first-order valence-corrected chi connectivity index (χ1v) is 6.22. The van der Waals surface area contributed by atoms with Crippen LogP contribution in [0.25, 0.3) is 0 Å². The topological polar surface area (TPSA) is 23.5 Å². The molecule has 0 saturated carbocycles. The van der Waals surface area contributed by atoms with Gasteiger partial charge in [0.05, 0.1) is 6.10 Å². The third-order valence-electron chi connectivity index (χ3n) is 2.78. The van der Waals surface area contributed by atoms with Gasteiger partial charge in [0.15, 0.2) is 0 Å². The largest absolute Gasteiger partial charge is 0.387 e. The normalized spacial score (nSPS) is 14.1. The zero-order valence-corrected chi connectivity index (χ0v) is 11.7. The lowest BCUT2D eigenvalue weighted by Crippen LogP contribution is -2.32. The van der Waals surface area contributed by atoms with Crippen LogP contribution in [-0.2, 0) is 0 Å². The maximum atomic E-state index is 10.2. The average molecular weight is 235 g/mol. The van der Waals surface area contributed by atoms with E-state index in [1.54, 1.807) is 0 Å². The van der Waals surface area contributed by atoms with Gasteiger partial charge >= 0.3 is 0 Å². The Morgan fingerprint density at radius 2 is 1.82 bits per heavy atom. The van der Waals surface area contributed by atoms with Crippen molar-refractivity contribution in [1.29, 1.82) is 0 Å². The van der Waals surface area contributed by atoms with Gasteiger partial charge in [-0.05, 0) is 30.5 Å². The van der Waals surface area contributed by atoms with Crippen LogP contribution in [0.5, 0.6) is 0 Å². The van der Waals surface area contributed by atoms with E-state index in [0.29, 0.717) is 6.54 Å². The lowest BCUT2D eigenvalue weighted by Gasteiger charge is -2.28. The summed E-state index contributed by atoms with van der Waals surface area (Å²) in [6.07, 6.45) is -0.399. The molecule has 0 aliphatic heterocycles. The number of likely N-dealkylation sites (N-methyl/N-ethyl adjacent to an activating group) is 1. The van der Waals surface area contributed by atoms with E-state index < -0.39 is 6.10 Å². The van der Waals surface area contributed by atoms with Crippen LogP contribution < -0.4 is 0 Å². The summed E-state index contributed by atoms with van der Waals surface area (Å²) in [7, 11) is 2.06. The molecule has 0 amide bonds. The van der Waals surface area contributed by atoms with Gasteiger partial charge in [-0.3, -0.25) is 0 Å². The third-order valence-corrected chi connectivity index (χ3v) is 2.78. The number of aliphatic hydroxyl groups is 1. The Hall–Kier alpha value is -0.860. The van der Waals surface area contributed by atoms with Crippen LogP contribution in [0.15, 0.2) is 24.3 Å². The third kappa shape index (κ3) is 4.88. The molecule has 1 rings (SSSR count). The summed E-state index contributed by atoms with van der Waals surface area (Å²) in [5, 5.41) is 10.2. The Balaban J connectivity index is 2.61. The van der Waals surface area contributed by atoms with Crippen molar-refractivity contribution in [3.05, 3.63) is 35.4 Å². The quantitative estimate of drug-likeness (QED) is 0.867. The van der Waals surface area contributed by atoms with Gasteiger partial charge in [0, 0.05) is 13.1 Å². The monoisotopic (exact) mass is 235 g/mol. The number of benzene rings is 1. The van der Waals surface area contributed by atoms with Gasteiger partial charge < -0.3 is 10.0 Å². The van der Waals surface area contributed by atoms with Gasteiger partial charge in [0.2, 0.25) is 0 Å². The lowest BCUT2D eigenvalue weighted by molar-refractivity contribution is 0.108. The molecule has 1 aromatic rings. The summed E-state index contributed by atoms with van der Waals surface area (Å²) in [4.78, 5) is 2.19. The molecule has 0 fully saturated rings. The van der Waals surface area contributed by atoms with E-state index in [0.717, 1.165) is 17.7 Å². The molecule has 0 aliphatic rings. The second kappa shape index (κ2) is 5.65. The van der Waals surface area contributed by atoms with E-state index in [4.69, 9.17) is 0 Å². The molecule has 0 aliphatic carbocycles. The summed E-state index contributed by atoms with van der Waals surface area (Å²) in [5.74, 6) is 0. The molecule has 0 radical (unpaired) electrons. The lowest BCUT2D eigenvalue weighted by atomic mass is 9.95. The Bertz CT molecular complexity index is 354. The molecule has 1 aromatic carbocycles. The van der Waals surface area contributed by atoms with Crippen molar-refractivity contribution < 1.29 is 5.11 Å². The van der Waals surface area contributed by atoms with E-state index in [2.05, 4.69) is 32.7 Å². The van der Waals surface area contributed by atoms with Crippen molar-refractivity contribution in [2.45, 2.75) is 33.8 Å². The van der Waals surface area contributed by atoms with Crippen molar-refractivity contribution in [2.24, 2.45) is 5.41 Å². The number of aryl methyl sites for hydroxylation is 1. The molecule has 1 unspecified atom stereocenters. The molecule has 0 saturated heterocycles. The number of rotatable bonds is 4. The number of hydrogen-bond donors (Lipinski definition) is 1. The van der Waals surface area contributed by atoms with Crippen LogP contribution in [-0.4, -0.2) is 30.1 Å². The van der Waals surface area contributed by atoms with Gasteiger partial charge in [-0.15, -0.1) is 0 Å². The molecule has 0 spiro atoms. The molecule has 1 N–H and O–H groups in total. The van der Waals surface area contributed by atoms with E-state index >= 15 is 0 Å². The summed E-state index contributed by atoms with van der Waals surface area (Å²) < 4.78 is 0. The van der Waals surface area contributed by atoms with E-state index in [1.807, 2.05) is 31.2 Å². The minimum atomic E-state index is -0.399. The zero-order chi connectivity index (χ0) is 13.1. The smallest absolute Gasteiger partial charge is 0.0919 e. The minimum Gasteiger partial charge on any atom is -0.387 e. The predicted molar refractivity (Wildman–Crippen MR) is 73.1 cm³/mol. The first kappa shape index (κ1) is 14.2. The van der Waals surface area contributed by atoms with Crippen molar-refractivity contribution >= 4 is 0 Å². The van der Waals surface area contributed by atoms with E-state index in [1.165, 1.54) is 0 Å². The Kier molecular flexibility index (Phi) is 4.72. The second-order valence-corrected chi connectivity index (χ2v) is 6.13. The summed E-state index contributed by atoms with van der Waals surface area (Å²) in [5.41, 5.74) is 2.46. The van der Waals surface area contributed by atoms with E-state index in [-0.39, 0.29) is 5.41 Å². The molecule has 0 heterocycles. The average Bonchev–Trinajstić information content (AvgIpc) is 2.14. The molecule has 0 bridgehead atoms. The first-order chi connectivity index (χ1) is 7.79. The van der Waals surface area contributed by atoms with Crippen LogP contribution in [0.2, 0.25) is 0 Å². The summed E-state index contributed by atoms with van der Waals surface area (Å²) in [6.45, 7) is 10.3. The van der Waals surface area contributed by atoms with Crippen LogP contribution in [0.3, 0.4) is 0 Å². The van der Waals surface area contributed by atoms with Crippen molar-refractivity contribution in [3.63, 3.8) is 0 Å². The van der Waals surface area contributed by atoms with Crippen LogP contribution in [0.1, 0.15) is 38.0 Å². The molecular formula is C15H25NO. The van der Waals surface area contributed by atoms with Crippen LogP contribution in [0, 0.1) is 12.3 Å². The minimum absolute atomic E-state index is 0.264. The molecular weight excluding hydrogens is 210 g/mol. The molecule has 2 nitrogen and oxygen atoms in total. The van der Waals surface area contributed by atoms with Gasteiger partial charge in [-0.2, -0.15) is 0 Å². The zero-order valence-electron chi connectivity index (χ0n) is 11.7. The second-order valence-electron chi connectivity index (χ2n) is 6.13. The Labute approximate surface area is 105 Å². The van der Waals surface area contributed by atoms with Gasteiger partial charge in [0.25, 0.3) is 0 Å². The maximum Gasteiger partial charge on any atom is 0.0919 e. The highest BCUT2D eigenvalue weighted by molar-refractivity contribution is 5.27. The van der Waals surface area contributed by atoms with E-state index in [9.17, 15) is 5.11 Å². The van der Waals surface area contributed by atoms with Crippen molar-refractivity contribution in [3.8, 4) is 0 Å². The summed E-state index contributed by atoms with van der Waals surface area (Å²) >= 11 is 0. The molecule has 17 heavy (non-hydrogen) atoms. The highest BCUT2D eigenvalue weighted by atomic mass is 16.3. The molecule has 96 valence electrons. The fourth-order valence-corrected chi connectivity index (χ4v) is 2.23. The SMILES string of the molecule is Cc1ccccc1C(O)CN(C)CC(C)(C)C. The first-order valence-electron chi connectivity index (χ1n) is 6.22. The fourth-order valence-electron chi connectivity index (χ4n) is 2.23. The number of aliphatic hydroxyl groups excluding tert-OH is 1. The van der Waals surface area contributed by atoms with Crippen LogP contribution in [0.4, 0.5) is 0 Å². The molecule has 2 heteroatoms. The maximum absolute atomic E-state index is 10.2. The predicted octanol–water partition coefficient (Wildman–Crippen LogP) is 3.01. The highest BCUT2D eigenvalue weighted by Gasteiger charge is 2.17. The number of hydrogen-bond acceptors (Lipinski definition) is 2. The molecule has 1 atom stereocenters. The van der Waals surface area contributed by atoms with Crippen molar-refractivity contribution in [1.82, 2.24) is 4.90 Å². The van der Waals surface area contributed by atoms with Crippen LogP contribution >= 0.6 is 0 Å². The Morgan fingerprint density at radius 1 is 1.24 bits per heavy atom. The Morgan fingerprint density at radius 3 is 2.35 bits per heavy atom. The van der Waals surface area contributed by atoms with Gasteiger partial charge in [-0.1, -0.05) is 45.0 Å². The van der Waals surface area contributed by atoms with Gasteiger partial charge in [0.1, 0.15) is 0 Å². The van der Waals surface area contributed by atoms with Crippen molar-refractivity contribution in [2.75, 3.05) is 20.1 Å². The van der Waals surface area contributed by atoms with Gasteiger partial charge in [-0.25, -0.2) is 0 Å². The standard InChI is InChI=1S/C15H25NO/c1-12-8-6-7-9-13(12)14(17)10-16(5)11-15(2,3)4/h6-9,14,17H,10-11H2,1-5H3. The summed E-state index contributed by atoms with van der Waals surface area (Å²) in [6, 6.07) is 8.03. The number of nitrogens with zero attached hydrogens (tertiary/aromatic N) is 1.